The van der Waals surface area contributed by atoms with Gasteiger partial charge in [0.05, 0.1) is 13.4 Å². The highest BCUT2D eigenvalue weighted by Gasteiger charge is 2.18. The lowest BCUT2D eigenvalue weighted by atomic mass is 9.95. The summed E-state index contributed by atoms with van der Waals surface area (Å²) in [7, 11) is 1.50. The van der Waals surface area contributed by atoms with Crippen molar-refractivity contribution in [3.63, 3.8) is 0 Å². The molecular weight excluding hydrogens is 366 g/mol. The molecule has 1 amide bonds. The first-order valence-corrected chi connectivity index (χ1v) is 9.27. The maximum Gasteiger partial charge on any atom is 0.251 e. The zero-order valence-corrected chi connectivity index (χ0v) is 16.9. The van der Waals surface area contributed by atoms with Crippen LogP contribution in [0.15, 0.2) is 43.0 Å². The highest BCUT2D eigenvalue weighted by Crippen LogP contribution is 2.32. The van der Waals surface area contributed by atoms with E-state index in [1.54, 1.807) is 18.6 Å². The van der Waals surface area contributed by atoms with Crippen LogP contribution in [-0.2, 0) is 0 Å². The van der Waals surface area contributed by atoms with Crippen LogP contribution in [0.2, 0.25) is 0 Å². The van der Waals surface area contributed by atoms with Gasteiger partial charge in [-0.15, -0.1) is 0 Å². The highest BCUT2D eigenvalue weighted by molar-refractivity contribution is 5.95. The molecule has 0 aliphatic heterocycles. The number of imidazole rings is 1. The second-order valence-electron chi connectivity index (χ2n) is 6.84. The Hall–Kier alpha value is -3.66. The largest absolute Gasteiger partial charge is 0.480 e. The number of pyridine rings is 1. The van der Waals surface area contributed by atoms with Gasteiger partial charge in [-0.25, -0.2) is 9.97 Å². The van der Waals surface area contributed by atoms with E-state index in [2.05, 4.69) is 21.4 Å². The van der Waals surface area contributed by atoms with Crippen LogP contribution >= 0.6 is 0 Å². The monoisotopic (exact) mass is 389 g/mol. The van der Waals surface area contributed by atoms with Crippen molar-refractivity contribution in [2.24, 2.45) is 0 Å². The number of methoxy groups -OCH3 is 1. The average Bonchev–Trinajstić information content (AvgIpc) is 3.26. The lowest BCUT2D eigenvalue weighted by molar-refractivity contribution is 0.0948. The Labute approximate surface area is 170 Å². The summed E-state index contributed by atoms with van der Waals surface area (Å²) in [6, 6.07) is 9.59. The highest BCUT2D eigenvalue weighted by atomic mass is 16.5. The third-order valence-electron chi connectivity index (χ3n) is 4.91. The minimum Gasteiger partial charge on any atom is -0.480 e. The van der Waals surface area contributed by atoms with Gasteiger partial charge in [-0.1, -0.05) is 12.1 Å². The molecule has 0 saturated heterocycles. The third-order valence-corrected chi connectivity index (χ3v) is 4.91. The minimum atomic E-state index is -0.156. The van der Waals surface area contributed by atoms with Crippen LogP contribution in [0, 0.1) is 25.2 Å². The van der Waals surface area contributed by atoms with E-state index < -0.39 is 0 Å². The smallest absolute Gasteiger partial charge is 0.251 e. The number of amides is 1. The molecule has 7 nitrogen and oxygen atoms in total. The summed E-state index contributed by atoms with van der Waals surface area (Å²) < 4.78 is 7.17. The van der Waals surface area contributed by atoms with Crippen molar-refractivity contribution in [3.05, 3.63) is 65.4 Å². The van der Waals surface area contributed by atoms with Crippen molar-refractivity contribution in [3.8, 4) is 23.1 Å². The van der Waals surface area contributed by atoms with Crippen molar-refractivity contribution >= 4 is 5.91 Å². The van der Waals surface area contributed by atoms with Crippen LogP contribution < -0.4 is 10.1 Å². The van der Waals surface area contributed by atoms with E-state index >= 15 is 0 Å². The van der Waals surface area contributed by atoms with Gasteiger partial charge in [-0.3, -0.25) is 4.79 Å². The van der Waals surface area contributed by atoms with Gasteiger partial charge >= 0.3 is 0 Å². The molecule has 1 atom stereocenters. The van der Waals surface area contributed by atoms with Gasteiger partial charge in [0, 0.05) is 41.8 Å². The van der Waals surface area contributed by atoms with Crippen molar-refractivity contribution in [2.45, 2.75) is 26.8 Å². The Morgan fingerprint density at radius 2 is 2.17 bits per heavy atom. The van der Waals surface area contributed by atoms with Crippen LogP contribution in [0.25, 0.3) is 11.1 Å². The van der Waals surface area contributed by atoms with Crippen molar-refractivity contribution in [2.75, 3.05) is 13.7 Å². The molecule has 1 unspecified atom stereocenters. The van der Waals surface area contributed by atoms with E-state index in [9.17, 15) is 10.1 Å². The van der Waals surface area contributed by atoms with Crippen molar-refractivity contribution in [1.82, 2.24) is 19.9 Å². The Bertz CT molecular complexity index is 1070. The molecule has 148 valence electrons. The first kappa shape index (κ1) is 20.1. The Balaban J connectivity index is 1.86. The Morgan fingerprint density at radius 1 is 1.38 bits per heavy atom. The fraction of sp³-hybridized carbons (Fsp3) is 0.273. The maximum absolute atomic E-state index is 12.7. The molecule has 0 aliphatic carbocycles. The topological polar surface area (TPSA) is 92.8 Å². The number of hydrogen-bond donors (Lipinski definition) is 1. The lowest BCUT2D eigenvalue weighted by Crippen LogP contribution is -2.29. The molecule has 0 fully saturated rings. The fourth-order valence-electron chi connectivity index (χ4n) is 3.32. The van der Waals surface area contributed by atoms with Crippen LogP contribution in [0.5, 0.6) is 5.88 Å². The molecule has 2 aromatic heterocycles. The van der Waals surface area contributed by atoms with E-state index in [0.29, 0.717) is 23.6 Å². The molecule has 1 N–H and O–H groups in total. The van der Waals surface area contributed by atoms with Crippen LogP contribution in [-0.4, -0.2) is 34.1 Å². The zero-order valence-electron chi connectivity index (χ0n) is 16.9. The van der Waals surface area contributed by atoms with Crippen LogP contribution in [0.3, 0.4) is 0 Å². The lowest BCUT2D eigenvalue weighted by Gasteiger charge is -2.16. The summed E-state index contributed by atoms with van der Waals surface area (Å²) in [6.45, 7) is 6.23. The second kappa shape index (κ2) is 8.57. The molecule has 2 heterocycles. The maximum atomic E-state index is 12.7. The Kier molecular flexibility index (Phi) is 5.93. The van der Waals surface area contributed by atoms with E-state index in [1.165, 1.54) is 7.11 Å². The van der Waals surface area contributed by atoms with Gasteiger partial charge in [-0.05, 0) is 44.0 Å². The van der Waals surface area contributed by atoms with Gasteiger partial charge in [0.15, 0.2) is 0 Å². The third kappa shape index (κ3) is 4.11. The number of carbonyl (C=O) groups excluding carboxylic acids is 1. The quantitative estimate of drug-likeness (QED) is 0.697. The number of hydrogen-bond acceptors (Lipinski definition) is 5. The van der Waals surface area contributed by atoms with E-state index in [-0.39, 0.29) is 11.9 Å². The number of aryl methyl sites for hydroxylation is 1. The minimum absolute atomic E-state index is 0.0955. The number of nitriles is 1. The summed E-state index contributed by atoms with van der Waals surface area (Å²) in [6.07, 6.45) is 5.31. The SMILES string of the molecule is COc1nc(C)c(-c2cccc(C(=O)NCC(C)n3ccnc3)c2)c(C)c1C#N. The summed E-state index contributed by atoms with van der Waals surface area (Å²) >= 11 is 0. The molecule has 3 rings (SSSR count). The van der Waals surface area contributed by atoms with E-state index in [4.69, 9.17) is 4.74 Å². The number of nitrogens with zero attached hydrogens (tertiary/aromatic N) is 4. The second-order valence-corrected chi connectivity index (χ2v) is 6.84. The molecule has 7 heteroatoms. The number of benzene rings is 1. The van der Waals surface area contributed by atoms with Gasteiger partial charge in [0.2, 0.25) is 5.88 Å². The van der Waals surface area contributed by atoms with Gasteiger partial charge in [-0.2, -0.15) is 5.26 Å². The zero-order chi connectivity index (χ0) is 21.0. The van der Waals surface area contributed by atoms with Crippen LogP contribution in [0.1, 0.15) is 40.1 Å². The van der Waals surface area contributed by atoms with Crippen molar-refractivity contribution in [1.29, 1.82) is 5.26 Å². The van der Waals surface area contributed by atoms with Gasteiger partial charge in [0.1, 0.15) is 11.6 Å². The predicted molar refractivity (Wildman–Crippen MR) is 110 cm³/mol. The molecule has 0 spiro atoms. The van der Waals surface area contributed by atoms with E-state index in [0.717, 1.165) is 22.4 Å². The van der Waals surface area contributed by atoms with Gasteiger partial charge in [0.25, 0.3) is 5.91 Å². The molecule has 1 aromatic carbocycles. The van der Waals surface area contributed by atoms with E-state index in [1.807, 2.05) is 49.7 Å². The predicted octanol–water partition coefficient (Wildman–Crippen LogP) is 3.43. The number of carbonyl (C=O) groups is 1. The molecule has 29 heavy (non-hydrogen) atoms. The molecule has 0 radical (unpaired) electrons. The molecule has 3 aromatic rings. The number of nitrogens with one attached hydrogen (secondary N) is 1. The Morgan fingerprint density at radius 3 is 2.83 bits per heavy atom. The normalized spacial score (nSPS) is 11.6. The molecule has 0 aliphatic rings. The summed E-state index contributed by atoms with van der Waals surface area (Å²) in [4.78, 5) is 21.1. The number of ether oxygens (including phenoxy) is 1. The molecule has 0 bridgehead atoms. The average molecular weight is 389 g/mol. The fourth-order valence-corrected chi connectivity index (χ4v) is 3.32. The molecular formula is C22H23N5O2. The number of aromatic nitrogens is 3. The molecule has 0 saturated carbocycles. The summed E-state index contributed by atoms with van der Waals surface area (Å²) in [5.41, 5.74) is 4.14. The summed E-state index contributed by atoms with van der Waals surface area (Å²) in [5.74, 6) is 0.157. The number of rotatable bonds is 6. The summed E-state index contributed by atoms with van der Waals surface area (Å²) in [5, 5.41) is 12.5. The van der Waals surface area contributed by atoms with Crippen LogP contribution in [0.4, 0.5) is 0 Å². The van der Waals surface area contributed by atoms with Crippen molar-refractivity contribution < 1.29 is 9.53 Å². The van der Waals surface area contributed by atoms with Gasteiger partial charge < -0.3 is 14.6 Å². The standard InChI is InChI=1S/C22H23N5O2/c1-14(27-9-8-24-13-27)12-25-21(28)18-7-5-6-17(10-18)20-15(2)19(11-23)22(29-4)26-16(20)3/h5-10,13-14H,12H2,1-4H3,(H,25,28). The first-order chi connectivity index (χ1) is 14.0. The first-order valence-electron chi connectivity index (χ1n) is 9.27.